The predicted molar refractivity (Wildman–Crippen MR) is 318 cm³/mol. The average Bonchev–Trinajstić information content (AvgIpc) is 2.31. The molecule has 2 atom stereocenters. The summed E-state index contributed by atoms with van der Waals surface area (Å²) in [6, 6.07) is 15.4. The molecule has 0 radical (unpaired) electrons. The van der Waals surface area contributed by atoms with Crippen LogP contribution in [0.15, 0.2) is 95.6 Å². The molecular formula is C60H64Cl2F2N14O5. The van der Waals surface area contributed by atoms with Gasteiger partial charge in [-0.2, -0.15) is 9.97 Å². The van der Waals surface area contributed by atoms with Crippen molar-refractivity contribution in [2.75, 3.05) is 49.1 Å². The highest BCUT2D eigenvalue weighted by Crippen LogP contribution is 2.38. The van der Waals surface area contributed by atoms with Gasteiger partial charge in [0.1, 0.15) is 41.5 Å². The van der Waals surface area contributed by atoms with Crippen molar-refractivity contribution in [3.63, 3.8) is 0 Å². The number of amides is 2. The number of aryl methyl sites for hydroxylation is 4. The minimum absolute atomic E-state index is 0.151. The van der Waals surface area contributed by atoms with Crippen LogP contribution in [0.1, 0.15) is 85.1 Å². The van der Waals surface area contributed by atoms with Gasteiger partial charge in [0.2, 0.25) is 5.91 Å². The summed E-state index contributed by atoms with van der Waals surface area (Å²) in [4.78, 5) is 96.8. The van der Waals surface area contributed by atoms with E-state index in [1.807, 2.05) is 72.1 Å². The van der Waals surface area contributed by atoms with Gasteiger partial charge in [0.25, 0.3) is 0 Å². The second-order valence-electron chi connectivity index (χ2n) is 21.1. The number of nitrogens with zero attached hydrogens (tertiary/aromatic N) is 14. The molecule has 6 aromatic heterocycles. The number of carbonyl (C=O) groups excluding carboxylic acids is 2. The molecule has 2 aliphatic rings. The standard InChI is InChI=1S/C31H35ClFN7O3.C29H29ClFN7O2/c1-7-23-26(24(8-2)35-17-34-23)40-28-20(15-21(32)25(36-28)19-11-9-10-12-22(19)33)27(37-29(40)41)39-14-13-38(16-18(39)3)30(42)43-31(4,5)6;1-5-22-26(23(6-2)33-16-32-22)38-28-19(14-20(30)25(34-28)18-10-8-9-11-21(18)31)27(35-29(38)40)37-13-12-36(15-17(37)4)24(39)7-3/h9-12,15,17-18H,7-8,13-14,16H2,1-6H3;7-11,14,16-17H,3,5-6,12-13,15H2,1-2,4H3/t18-;17-/m00/s1. The first-order valence-corrected chi connectivity index (χ1v) is 28.3. The number of ether oxygens (including phenoxy) is 1. The monoisotopic (exact) mass is 1170 g/mol. The maximum absolute atomic E-state index is 15.0. The molecule has 0 spiro atoms. The zero-order chi connectivity index (χ0) is 59.6. The number of benzene rings is 2. The number of fused-ring (bicyclic) bond motifs is 2. The van der Waals surface area contributed by atoms with Gasteiger partial charge in [0.15, 0.2) is 11.3 Å². The van der Waals surface area contributed by atoms with E-state index in [1.165, 1.54) is 40.0 Å². The number of aromatic nitrogens is 10. The van der Waals surface area contributed by atoms with Gasteiger partial charge >= 0.3 is 17.5 Å². The van der Waals surface area contributed by atoms with Crippen LogP contribution in [-0.4, -0.2) is 128 Å². The van der Waals surface area contributed by atoms with E-state index >= 15 is 0 Å². The minimum Gasteiger partial charge on any atom is -0.444 e. The number of hydrogen-bond donors (Lipinski definition) is 0. The van der Waals surface area contributed by atoms with Crippen molar-refractivity contribution < 1.29 is 23.1 Å². The summed E-state index contributed by atoms with van der Waals surface area (Å²) in [5.41, 5.74) is 3.30. The Morgan fingerprint density at radius 3 is 1.37 bits per heavy atom. The summed E-state index contributed by atoms with van der Waals surface area (Å²) >= 11 is 13.5. The molecule has 0 bridgehead atoms. The number of rotatable bonds is 11. The van der Waals surface area contributed by atoms with Crippen LogP contribution in [0.25, 0.3) is 56.0 Å². The van der Waals surface area contributed by atoms with Crippen LogP contribution >= 0.6 is 23.2 Å². The lowest BCUT2D eigenvalue weighted by atomic mass is 10.1. The Morgan fingerprint density at radius 1 is 0.627 bits per heavy atom. The Bertz CT molecular complexity index is 3900. The van der Waals surface area contributed by atoms with E-state index in [9.17, 15) is 28.0 Å². The first-order valence-electron chi connectivity index (χ1n) is 27.6. The van der Waals surface area contributed by atoms with Crippen molar-refractivity contribution in [1.82, 2.24) is 58.8 Å². The normalized spacial score (nSPS) is 15.6. The predicted octanol–water partition coefficient (Wildman–Crippen LogP) is 9.98. The quantitative estimate of drug-likeness (QED) is 0.111. The lowest BCUT2D eigenvalue weighted by Crippen LogP contribution is -2.55. The third-order valence-electron chi connectivity index (χ3n) is 14.5. The molecule has 19 nitrogen and oxygen atoms in total. The van der Waals surface area contributed by atoms with Crippen LogP contribution in [0.5, 0.6) is 0 Å². The van der Waals surface area contributed by atoms with Crippen LogP contribution in [0.2, 0.25) is 10.0 Å². The highest BCUT2D eigenvalue weighted by atomic mass is 35.5. The summed E-state index contributed by atoms with van der Waals surface area (Å²) in [5.74, 6) is -0.338. The van der Waals surface area contributed by atoms with Crippen molar-refractivity contribution in [3.8, 4) is 33.9 Å². The third-order valence-corrected chi connectivity index (χ3v) is 15.1. The molecule has 8 heterocycles. The SMILES string of the molecule is C=CC(=O)N1CCN(c2nc(=O)n(-c3c(CC)ncnc3CC)c3nc(-c4ccccc4F)c(Cl)cc23)[C@@H](C)C1.CCc1ncnc(CC)c1-n1c(=O)nc(N2CCN(C(=O)OC(C)(C)C)C[C@@H]2C)c2cc(Cl)c(-c3ccccc3F)nc21. The van der Waals surface area contributed by atoms with E-state index in [-0.39, 0.29) is 61.8 Å². The second-order valence-corrected chi connectivity index (χ2v) is 21.9. The minimum atomic E-state index is -0.617. The van der Waals surface area contributed by atoms with Gasteiger partial charge in [-0.3, -0.25) is 4.79 Å². The molecule has 10 rings (SSSR count). The Kier molecular flexibility index (Phi) is 17.6. The molecular weight excluding hydrogens is 1110 g/mol. The molecule has 432 valence electrons. The second kappa shape index (κ2) is 24.7. The van der Waals surface area contributed by atoms with E-state index in [1.54, 1.807) is 58.3 Å². The van der Waals surface area contributed by atoms with Gasteiger partial charge in [-0.1, -0.05) is 81.7 Å². The number of piperazine rings is 2. The van der Waals surface area contributed by atoms with Gasteiger partial charge in [-0.25, -0.2) is 62.2 Å². The average molecular weight is 1170 g/mol. The van der Waals surface area contributed by atoms with Crippen molar-refractivity contribution >= 4 is 68.9 Å². The molecule has 0 unspecified atom stereocenters. The van der Waals surface area contributed by atoms with Crippen molar-refractivity contribution in [3.05, 3.63) is 151 Å². The molecule has 2 amide bonds. The van der Waals surface area contributed by atoms with Crippen molar-refractivity contribution in [2.24, 2.45) is 0 Å². The zero-order valence-corrected chi connectivity index (χ0v) is 49.3. The number of hydrogen-bond acceptors (Lipinski definition) is 15. The lowest BCUT2D eigenvalue weighted by Gasteiger charge is -2.41. The van der Waals surface area contributed by atoms with Crippen molar-refractivity contribution in [1.29, 1.82) is 0 Å². The first-order chi connectivity index (χ1) is 39.7. The lowest BCUT2D eigenvalue weighted by molar-refractivity contribution is -0.126. The van der Waals surface area contributed by atoms with Crippen molar-refractivity contribution in [2.45, 2.75) is 106 Å². The van der Waals surface area contributed by atoms with Gasteiger partial charge < -0.3 is 24.3 Å². The van der Waals surface area contributed by atoms with E-state index in [0.717, 1.165) is 0 Å². The topological polar surface area (TPSA) is 203 Å². The first kappa shape index (κ1) is 59.3. The third kappa shape index (κ3) is 11.9. The fraction of sp³-hybridized carbons (Fsp3) is 0.367. The van der Waals surface area contributed by atoms with Crippen LogP contribution in [0.4, 0.5) is 25.2 Å². The Labute approximate surface area is 488 Å². The number of carbonyl (C=O) groups is 2. The number of pyridine rings is 2. The maximum Gasteiger partial charge on any atom is 0.410 e. The Morgan fingerprint density at radius 2 is 1.01 bits per heavy atom. The Hall–Kier alpha value is -8.30. The molecule has 2 saturated heterocycles. The van der Waals surface area contributed by atoms with Gasteiger partial charge in [0, 0.05) is 62.5 Å². The molecule has 0 saturated carbocycles. The Balaban J connectivity index is 0.000000200. The molecule has 2 fully saturated rings. The van der Waals surface area contributed by atoms with Crippen LogP contribution in [0.3, 0.4) is 0 Å². The van der Waals surface area contributed by atoms with E-state index in [2.05, 4.69) is 36.5 Å². The van der Waals surface area contributed by atoms with Crippen LogP contribution in [0, 0.1) is 11.6 Å². The molecule has 23 heteroatoms. The molecule has 0 N–H and O–H groups in total. The summed E-state index contributed by atoms with van der Waals surface area (Å²) < 4.78 is 38.3. The number of halogens is 4. The van der Waals surface area contributed by atoms with Gasteiger partial charge in [-0.05, 0) is 103 Å². The molecule has 83 heavy (non-hydrogen) atoms. The molecule has 8 aromatic rings. The highest BCUT2D eigenvalue weighted by Gasteiger charge is 2.34. The molecule has 0 aliphatic carbocycles. The summed E-state index contributed by atoms with van der Waals surface area (Å²) in [6.45, 7) is 23.2. The summed E-state index contributed by atoms with van der Waals surface area (Å²) in [6.07, 6.45) is 6.04. The largest absolute Gasteiger partial charge is 0.444 e. The van der Waals surface area contributed by atoms with Gasteiger partial charge in [0.05, 0.1) is 66.4 Å². The summed E-state index contributed by atoms with van der Waals surface area (Å²) in [5, 5.41) is 1.46. The zero-order valence-electron chi connectivity index (χ0n) is 47.8. The van der Waals surface area contributed by atoms with Crippen LogP contribution < -0.4 is 21.2 Å². The molecule has 2 aliphatic heterocycles. The highest BCUT2D eigenvalue weighted by molar-refractivity contribution is 6.34. The number of anilines is 2. The van der Waals surface area contributed by atoms with E-state index < -0.39 is 34.7 Å². The fourth-order valence-corrected chi connectivity index (χ4v) is 11.1. The smallest absolute Gasteiger partial charge is 0.410 e. The summed E-state index contributed by atoms with van der Waals surface area (Å²) in [7, 11) is 0. The maximum atomic E-state index is 15.0. The van der Waals surface area contributed by atoms with E-state index in [0.29, 0.717) is 122 Å². The molecule has 2 aromatic carbocycles. The van der Waals surface area contributed by atoms with E-state index in [4.69, 9.17) is 37.9 Å². The fourth-order valence-electron chi connectivity index (χ4n) is 10.6. The van der Waals surface area contributed by atoms with Gasteiger partial charge in [-0.15, -0.1) is 0 Å². The van der Waals surface area contributed by atoms with Crippen LogP contribution in [-0.2, 0) is 35.2 Å².